The van der Waals surface area contributed by atoms with Gasteiger partial charge in [-0.15, -0.1) is 0 Å². The van der Waals surface area contributed by atoms with Crippen molar-refractivity contribution in [2.45, 2.75) is 24.7 Å². The van der Waals surface area contributed by atoms with Gasteiger partial charge in [-0.25, -0.2) is 4.79 Å². The van der Waals surface area contributed by atoms with Crippen molar-refractivity contribution in [1.29, 1.82) is 0 Å². The zero-order valence-corrected chi connectivity index (χ0v) is 15.9. The molecule has 3 aromatic rings. The molecule has 0 fully saturated rings. The summed E-state index contributed by atoms with van der Waals surface area (Å²) < 4.78 is 5.49. The molecule has 0 aromatic heterocycles. The highest BCUT2D eigenvalue weighted by Gasteiger charge is 2.29. The SMILES string of the molecule is O=C(NC(Cc1ccccc1)C(O)O)OCC1c2ccccc2-c2ccccc21. The second-order valence-electron chi connectivity index (χ2n) is 7.18. The molecule has 148 valence electrons. The van der Waals surface area contributed by atoms with Crippen LogP contribution in [0.2, 0.25) is 0 Å². The van der Waals surface area contributed by atoms with Gasteiger partial charge in [0.2, 0.25) is 0 Å². The van der Waals surface area contributed by atoms with Crippen LogP contribution >= 0.6 is 0 Å². The molecule has 1 atom stereocenters. The normalized spacial score (nSPS) is 13.6. The fraction of sp³-hybridized carbons (Fsp3) is 0.208. The van der Waals surface area contributed by atoms with Gasteiger partial charge in [-0.2, -0.15) is 0 Å². The molecule has 0 heterocycles. The van der Waals surface area contributed by atoms with E-state index in [0.29, 0.717) is 6.42 Å². The van der Waals surface area contributed by atoms with Crippen molar-refractivity contribution in [3.8, 4) is 11.1 Å². The van der Waals surface area contributed by atoms with Crippen molar-refractivity contribution in [2.75, 3.05) is 6.61 Å². The number of benzene rings is 3. The lowest BCUT2D eigenvalue weighted by Gasteiger charge is -2.21. The average molecular weight is 389 g/mol. The van der Waals surface area contributed by atoms with E-state index in [1.807, 2.05) is 54.6 Å². The molecule has 0 radical (unpaired) electrons. The Bertz CT molecular complexity index is 941. The Morgan fingerprint density at radius 1 is 0.862 bits per heavy atom. The second-order valence-corrected chi connectivity index (χ2v) is 7.18. The molecular formula is C24H23NO4. The number of carbonyl (C=O) groups excluding carboxylic acids is 1. The minimum absolute atomic E-state index is 0.0419. The first kappa shape index (κ1) is 19.2. The number of hydrogen-bond acceptors (Lipinski definition) is 4. The molecule has 1 aliphatic carbocycles. The standard InChI is InChI=1S/C24H23NO4/c26-23(27)22(14-16-8-2-1-3-9-16)25-24(28)29-15-21-19-12-6-4-10-17(19)18-11-5-7-13-20(18)21/h1-13,21-23,26-27H,14-15H2,(H,25,28). The van der Waals surface area contributed by atoms with E-state index in [-0.39, 0.29) is 12.5 Å². The number of fused-ring (bicyclic) bond motifs is 3. The quantitative estimate of drug-likeness (QED) is 0.564. The van der Waals surface area contributed by atoms with Gasteiger partial charge in [0.15, 0.2) is 6.29 Å². The summed E-state index contributed by atoms with van der Waals surface area (Å²) in [5, 5.41) is 21.9. The molecular weight excluding hydrogens is 366 g/mol. The summed E-state index contributed by atoms with van der Waals surface area (Å²) in [6.45, 7) is 0.180. The Hall–Kier alpha value is -3.15. The van der Waals surface area contributed by atoms with Gasteiger partial charge in [0, 0.05) is 5.92 Å². The Morgan fingerprint density at radius 2 is 1.41 bits per heavy atom. The number of nitrogens with one attached hydrogen (secondary N) is 1. The van der Waals surface area contributed by atoms with Crippen LogP contribution in [0.1, 0.15) is 22.6 Å². The fourth-order valence-corrected chi connectivity index (χ4v) is 3.89. The smallest absolute Gasteiger partial charge is 0.407 e. The first-order valence-corrected chi connectivity index (χ1v) is 9.65. The summed E-state index contributed by atoms with van der Waals surface area (Å²) in [5.41, 5.74) is 5.47. The maximum absolute atomic E-state index is 12.4. The third-order valence-electron chi connectivity index (χ3n) is 5.31. The number of aliphatic hydroxyl groups is 2. The number of amides is 1. The monoisotopic (exact) mass is 389 g/mol. The molecule has 0 saturated carbocycles. The van der Waals surface area contributed by atoms with Crippen LogP contribution < -0.4 is 5.32 Å². The van der Waals surface area contributed by atoms with Crippen molar-refractivity contribution in [1.82, 2.24) is 5.32 Å². The van der Waals surface area contributed by atoms with Gasteiger partial charge in [-0.3, -0.25) is 0 Å². The van der Waals surface area contributed by atoms with Crippen LogP contribution in [0.3, 0.4) is 0 Å². The summed E-state index contributed by atoms with van der Waals surface area (Å²) in [7, 11) is 0. The summed E-state index contributed by atoms with van der Waals surface area (Å²) in [5.74, 6) is -0.0419. The van der Waals surface area contributed by atoms with Gasteiger partial charge in [0.05, 0.1) is 6.04 Å². The van der Waals surface area contributed by atoms with E-state index in [4.69, 9.17) is 4.74 Å². The number of rotatable bonds is 6. The zero-order chi connectivity index (χ0) is 20.2. The largest absolute Gasteiger partial charge is 0.449 e. The van der Waals surface area contributed by atoms with Crippen molar-refractivity contribution in [3.63, 3.8) is 0 Å². The third kappa shape index (κ3) is 4.16. The molecule has 3 N–H and O–H groups in total. The maximum Gasteiger partial charge on any atom is 0.407 e. The first-order valence-electron chi connectivity index (χ1n) is 9.65. The van der Waals surface area contributed by atoms with Gasteiger partial charge in [-0.1, -0.05) is 78.9 Å². The molecule has 5 heteroatoms. The number of aliphatic hydroxyl groups excluding tert-OH is 1. The highest BCUT2D eigenvalue weighted by Crippen LogP contribution is 2.44. The summed E-state index contributed by atoms with van der Waals surface area (Å²) in [4.78, 5) is 12.4. The molecule has 29 heavy (non-hydrogen) atoms. The maximum atomic E-state index is 12.4. The van der Waals surface area contributed by atoms with Crippen molar-refractivity contribution >= 4 is 6.09 Å². The third-order valence-corrected chi connectivity index (χ3v) is 5.31. The number of ether oxygens (including phenoxy) is 1. The van der Waals surface area contributed by atoms with Crippen LogP contribution in [0, 0.1) is 0 Å². The van der Waals surface area contributed by atoms with Gasteiger partial charge < -0.3 is 20.3 Å². The molecule has 0 spiro atoms. The van der Waals surface area contributed by atoms with Crippen molar-refractivity contribution in [3.05, 3.63) is 95.6 Å². The van der Waals surface area contributed by atoms with Crippen LogP contribution in [0.5, 0.6) is 0 Å². The summed E-state index contributed by atoms with van der Waals surface area (Å²) >= 11 is 0. The van der Waals surface area contributed by atoms with Gasteiger partial charge >= 0.3 is 6.09 Å². The topological polar surface area (TPSA) is 78.8 Å². The Balaban J connectivity index is 1.43. The Labute approximate surface area is 169 Å². The highest BCUT2D eigenvalue weighted by atomic mass is 16.5. The lowest BCUT2D eigenvalue weighted by atomic mass is 9.98. The van der Waals surface area contributed by atoms with Crippen molar-refractivity contribution in [2.24, 2.45) is 0 Å². The fourth-order valence-electron chi connectivity index (χ4n) is 3.89. The number of alkyl carbamates (subject to hydrolysis) is 1. The first-order chi connectivity index (χ1) is 14.1. The summed E-state index contributed by atoms with van der Waals surface area (Å²) in [6, 6.07) is 24.7. The Morgan fingerprint density at radius 3 is 2.00 bits per heavy atom. The van der Waals surface area contributed by atoms with E-state index in [1.54, 1.807) is 0 Å². The highest BCUT2D eigenvalue weighted by molar-refractivity contribution is 5.79. The molecule has 0 aliphatic heterocycles. The van der Waals surface area contributed by atoms with Crippen LogP contribution in [0.25, 0.3) is 11.1 Å². The molecule has 1 aliphatic rings. The average Bonchev–Trinajstić information content (AvgIpc) is 3.06. The zero-order valence-electron chi connectivity index (χ0n) is 15.9. The molecule has 4 rings (SSSR count). The molecule has 0 bridgehead atoms. The second kappa shape index (κ2) is 8.47. The molecule has 1 amide bonds. The van der Waals surface area contributed by atoms with E-state index in [2.05, 4.69) is 29.6 Å². The van der Waals surface area contributed by atoms with Gasteiger partial charge in [0.1, 0.15) is 6.61 Å². The predicted molar refractivity (Wildman–Crippen MR) is 110 cm³/mol. The van der Waals surface area contributed by atoms with E-state index in [9.17, 15) is 15.0 Å². The lowest BCUT2D eigenvalue weighted by molar-refractivity contribution is -0.0659. The number of carbonyl (C=O) groups is 1. The lowest BCUT2D eigenvalue weighted by Crippen LogP contribution is -2.45. The van der Waals surface area contributed by atoms with Crippen LogP contribution in [-0.4, -0.2) is 35.2 Å². The Kier molecular flexibility index (Phi) is 5.60. The van der Waals surface area contributed by atoms with E-state index in [0.717, 1.165) is 27.8 Å². The number of hydrogen-bond donors (Lipinski definition) is 3. The van der Waals surface area contributed by atoms with E-state index < -0.39 is 18.4 Å². The van der Waals surface area contributed by atoms with Gasteiger partial charge in [0.25, 0.3) is 0 Å². The molecule has 3 aromatic carbocycles. The van der Waals surface area contributed by atoms with E-state index >= 15 is 0 Å². The van der Waals surface area contributed by atoms with Crippen LogP contribution in [0.4, 0.5) is 4.79 Å². The molecule has 1 unspecified atom stereocenters. The predicted octanol–water partition coefficient (Wildman–Crippen LogP) is 3.45. The minimum atomic E-state index is -1.68. The van der Waals surface area contributed by atoms with Gasteiger partial charge in [-0.05, 0) is 34.2 Å². The molecule has 5 nitrogen and oxygen atoms in total. The van der Waals surface area contributed by atoms with Crippen molar-refractivity contribution < 1.29 is 19.7 Å². The summed E-state index contributed by atoms with van der Waals surface area (Å²) in [6.07, 6.45) is -2.06. The van der Waals surface area contributed by atoms with Crippen LogP contribution in [0.15, 0.2) is 78.9 Å². The van der Waals surface area contributed by atoms with Crippen LogP contribution in [-0.2, 0) is 11.2 Å². The van der Waals surface area contributed by atoms with E-state index in [1.165, 1.54) is 0 Å². The minimum Gasteiger partial charge on any atom is -0.449 e. The molecule has 0 saturated heterocycles.